The largest absolute Gasteiger partial charge is 0.478 e. The van der Waals surface area contributed by atoms with Gasteiger partial charge in [0, 0.05) is 24.5 Å². The molecule has 1 saturated heterocycles. The molecule has 0 spiro atoms. The molecule has 1 aliphatic rings. The number of ether oxygens (including phenoxy) is 2. The van der Waals surface area contributed by atoms with E-state index < -0.39 is 11.3 Å². The van der Waals surface area contributed by atoms with E-state index in [2.05, 4.69) is 15.3 Å². The molecule has 8 nitrogen and oxygen atoms in total. The molecule has 3 aromatic rings. The maximum Gasteiger partial charge on any atom is 0.280 e. The van der Waals surface area contributed by atoms with E-state index in [1.165, 1.54) is 10.7 Å². The van der Waals surface area contributed by atoms with Gasteiger partial charge < -0.3 is 19.7 Å². The average molecular weight is 420 g/mol. The number of para-hydroxylation sites is 1. The van der Waals surface area contributed by atoms with Crippen molar-refractivity contribution in [2.45, 2.75) is 6.92 Å². The first-order chi connectivity index (χ1) is 15.2. The molecular weight excluding hydrogens is 396 g/mol. The predicted molar refractivity (Wildman–Crippen MR) is 118 cm³/mol. The number of benzene rings is 2. The molecule has 0 saturated carbocycles. The average Bonchev–Trinajstić information content (AvgIpc) is 2.81. The lowest BCUT2D eigenvalue weighted by atomic mass is 10.2. The van der Waals surface area contributed by atoms with Crippen molar-refractivity contribution in [1.29, 1.82) is 0 Å². The van der Waals surface area contributed by atoms with Gasteiger partial charge in [-0.15, -0.1) is 0 Å². The smallest absolute Gasteiger partial charge is 0.280 e. The van der Waals surface area contributed by atoms with E-state index in [0.717, 1.165) is 18.8 Å². The van der Waals surface area contributed by atoms with Crippen molar-refractivity contribution < 1.29 is 14.3 Å². The fraction of sp³-hybridized carbons (Fsp3) is 0.261. The Balaban J connectivity index is 1.57. The normalized spacial score (nSPS) is 13.6. The first-order valence-electron chi connectivity index (χ1n) is 10.2. The van der Waals surface area contributed by atoms with E-state index in [1.807, 2.05) is 61.5 Å². The lowest BCUT2D eigenvalue weighted by Crippen LogP contribution is -2.36. The van der Waals surface area contributed by atoms with Crippen LogP contribution < -0.4 is 20.4 Å². The summed E-state index contributed by atoms with van der Waals surface area (Å²) in [7, 11) is 0. The molecule has 31 heavy (non-hydrogen) atoms. The van der Waals surface area contributed by atoms with Gasteiger partial charge in [-0.05, 0) is 43.3 Å². The highest BCUT2D eigenvalue weighted by Gasteiger charge is 2.18. The van der Waals surface area contributed by atoms with Crippen LogP contribution in [-0.2, 0) is 4.74 Å². The van der Waals surface area contributed by atoms with Crippen molar-refractivity contribution in [1.82, 2.24) is 9.78 Å². The van der Waals surface area contributed by atoms with E-state index in [-0.39, 0.29) is 11.6 Å². The van der Waals surface area contributed by atoms with Crippen LogP contribution in [0.15, 0.2) is 65.5 Å². The van der Waals surface area contributed by atoms with Gasteiger partial charge in [-0.25, -0.2) is 4.68 Å². The summed E-state index contributed by atoms with van der Waals surface area (Å²) in [6.45, 7) is 5.27. The minimum Gasteiger partial charge on any atom is -0.478 e. The number of amides is 1. The Morgan fingerprint density at radius 2 is 1.77 bits per heavy atom. The highest BCUT2D eigenvalue weighted by molar-refractivity contribution is 6.02. The zero-order chi connectivity index (χ0) is 21.6. The second-order valence-corrected chi connectivity index (χ2v) is 6.98. The summed E-state index contributed by atoms with van der Waals surface area (Å²) in [5, 5.41) is 7.05. The molecule has 0 bridgehead atoms. The molecule has 1 amide bonds. The summed E-state index contributed by atoms with van der Waals surface area (Å²) in [5.74, 6) is -0.290. The molecule has 1 fully saturated rings. The zero-order valence-electron chi connectivity index (χ0n) is 17.3. The van der Waals surface area contributed by atoms with Gasteiger partial charge in [-0.1, -0.05) is 18.2 Å². The summed E-state index contributed by atoms with van der Waals surface area (Å²) in [4.78, 5) is 27.6. The topological polar surface area (TPSA) is 85.7 Å². The van der Waals surface area contributed by atoms with E-state index >= 15 is 0 Å². The van der Waals surface area contributed by atoms with Gasteiger partial charge >= 0.3 is 0 Å². The van der Waals surface area contributed by atoms with Crippen molar-refractivity contribution in [3.05, 3.63) is 76.6 Å². The fourth-order valence-electron chi connectivity index (χ4n) is 3.37. The number of morpholine rings is 1. The Bertz CT molecular complexity index is 1090. The van der Waals surface area contributed by atoms with Crippen LogP contribution in [-0.4, -0.2) is 48.6 Å². The first-order valence-corrected chi connectivity index (χ1v) is 10.2. The molecule has 4 rings (SSSR count). The molecule has 1 aliphatic heterocycles. The van der Waals surface area contributed by atoms with E-state index in [9.17, 15) is 9.59 Å². The van der Waals surface area contributed by atoms with Crippen molar-refractivity contribution in [2.24, 2.45) is 0 Å². The third kappa shape index (κ3) is 4.75. The Hall–Kier alpha value is -3.65. The van der Waals surface area contributed by atoms with Gasteiger partial charge in [-0.2, -0.15) is 5.10 Å². The Morgan fingerprint density at radius 1 is 1.06 bits per heavy atom. The Morgan fingerprint density at radius 3 is 2.45 bits per heavy atom. The molecule has 0 atom stereocenters. The van der Waals surface area contributed by atoms with E-state index in [1.54, 1.807) is 0 Å². The van der Waals surface area contributed by atoms with Crippen LogP contribution in [0, 0.1) is 0 Å². The maximum absolute atomic E-state index is 12.8. The Kier molecular flexibility index (Phi) is 6.28. The van der Waals surface area contributed by atoms with Crippen LogP contribution in [0.2, 0.25) is 0 Å². The number of carbonyl (C=O) groups is 1. The van der Waals surface area contributed by atoms with Crippen LogP contribution in [0.1, 0.15) is 17.4 Å². The summed E-state index contributed by atoms with van der Waals surface area (Å²) in [5.41, 5.74) is 1.63. The quantitative estimate of drug-likeness (QED) is 0.660. The number of nitrogens with zero attached hydrogens (tertiary/aromatic N) is 3. The second-order valence-electron chi connectivity index (χ2n) is 6.98. The third-order valence-electron chi connectivity index (χ3n) is 4.91. The summed E-state index contributed by atoms with van der Waals surface area (Å²) in [6, 6.07) is 18.0. The molecule has 2 heterocycles. The predicted octanol–water partition coefficient (Wildman–Crippen LogP) is 2.72. The molecule has 160 valence electrons. The maximum atomic E-state index is 12.8. The number of hydrogen-bond acceptors (Lipinski definition) is 6. The highest BCUT2D eigenvalue weighted by atomic mass is 16.5. The number of nitrogens with one attached hydrogen (secondary N) is 1. The summed E-state index contributed by atoms with van der Waals surface area (Å²) >= 11 is 0. The molecule has 0 radical (unpaired) electrons. The first kappa shape index (κ1) is 20.6. The molecule has 0 aliphatic carbocycles. The van der Waals surface area contributed by atoms with Gasteiger partial charge in [0.2, 0.25) is 11.3 Å². The minimum atomic E-state index is -0.572. The van der Waals surface area contributed by atoms with Gasteiger partial charge in [0.05, 0.1) is 31.6 Å². The number of aromatic nitrogens is 2. The van der Waals surface area contributed by atoms with Gasteiger partial charge in [0.25, 0.3) is 5.91 Å². The van der Waals surface area contributed by atoms with Crippen molar-refractivity contribution >= 4 is 17.3 Å². The summed E-state index contributed by atoms with van der Waals surface area (Å²) in [6.07, 6.45) is 0. The van der Waals surface area contributed by atoms with Crippen LogP contribution in [0.5, 0.6) is 5.88 Å². The SMILES string of the molecule is CCOc1cc(=O)c(C(=O)Nc2ccc(N3CCOCC3)cc2)nn1-c1ccccc1. The lowest BCUT2D eigenvalue weighted by Gasteiger charge is -2.28. The molecule has 1 aromatic heterocycles. The third-order valence-corrected chi connectivity index (χ3v) is 4.91. The number of rotatable bonds is 6. The highest BCUT2D eigenvalue weighted by Crippen LogP contribution is 2.20. The van der Waals surface area contributed by atoms with Gasteiger partial charge in [-0.3, -0.25) is 9.59 Å². The monoisotopic (exact) mass is 420 g/mol. The summed E-state index contributed by atoms with van der Waals surface area (Å²) < 4.78 is 12.4. The lowest BCUT2D eigenvalue weighted by molar-refractivity contribution is 0.101. The Labute approximate surface area is 180 Å². The minimum absolute atomic E-state index is 0.204. The molecule has 0 unspecified atom stereocenters. The van der Waals surface area contributed by atoms with Crippen molar-refractivity contribution in [3.8, 4) is 11.6 Å². The fourth-order valence-corrected chi connectivity index (χ4v) is 3.37. The van der Waals surface area contributed by atoms with Crippen LogP contribution in [0.3, 0.4) is 0 Å². The van der Waals surface area contributed by atoms with E-state index in [4.69, 9.17) is 9.47 Å². The number of anilines is 2. The van der Waals surface area contributed by atoms with E-state index in [0.29, 0.717) is 31.2 Å². The van der Waals surface area contributed by atoms with Gasteiger partial charge in [0.1, 0.15) is 0 Å². The molecule has 8 heteroatoms. The standard InChI is InChI=1S/C23H24N4O4/c1-2-31-21-16-20(28)22(25-27(21)19-6-4-3-5-7-19)23(29)24-17-8-10-18(11-9-17)26-12-14-30-15-13-26/h3-11,16H,2,12-15H2,1H3,(H,24,29). The zero-order valence-corrected chi connectivity index (χ0v) is 17.3. The molecular formula is C23H24N4O4. The second kappa shape index (κ2) is 9.44. The molecule has 1 N–H and O–H groups in total. The number of carbonyl (C=O) groups excluding carboxylic acids is 1. The van der Waals surface area contributed by atoms with Crippen LogP contribution in [0.25, 0.3) is 5.69 Å². The van der Waals surface area contributed by atoms with Crippen LogP contribution in [0.4, 0.5) is 11.4 Å². The van der Waals surface area contributed by atoms with Crippen molar-refractivity contribution in [3.63, 3.8) is 0 Å². The molecule has 2 aromatic carbocycles. The van der Waals surface area contributed by atoms with Crippen molar-refractivity contribution in [2.75, 3.05) is 43.1 Å². The van der Waals surface area contributed by atoms with Gasteiger partial charge in [0.15, 0.2) is 5.69 Å². The number of hydrogen-bond donors (Lipinski definition) is 1. The van der Waals surface area contributed by atoms with Crippen LogP contribution >= 0.6 is 0 Å².